The summed E-state index contributed by atoms with van der Waals surface area (Å²) in [4.78, 5) is 25.9. The van der Waals surface area contributed by atoms with Crippen LogP contribution in [0.15, 0.2) is 24.5 Å². The smallest absolute Gasteiger partial charge is 0.410 e. The second-order valence-corrected chi connectivity index (χ2v) is 13.3. The van der Waals surface area contributed by atoms with E-state index in [9.17, 15) is 9.59 Å². The zero-order valence-corrected chi connectivity index (χ0v) is 18.4. The first-order chi connectivity index (χ1) is 12.0. The van der Waals surface area contributed by atoms with E-state index in [4.69, 9.17) is 9.16 Å². The van der Waals surface area contributed by atoms with E-state index in [0.29, 0.717) is 25.8 Å². The molecule has 0 radical (unpaired) electrons. The first-order valence-electron chi connectivity index (χ1n) is 9.29. The maximum Gasteiger partial charge on any atom is 0.410 e. The minimum atomic E-state index is -1.99. The third-order valence-electron chi connectivity index (χ3n) is 5.93. The average molecular weight is 382 g/mol. The van der Waals surface area contributed by atoms with Crippen LogP contribution in [-0.2, 0) is 14.0 Å². The van der Waals surface area contributed by atoms with E-state index in [0.717, 1.165) is 12.0 Å². The number of rotatable bonds is 7. The quantitative estimate of drug-likeness (QED) is 0.357. The molecule has 0 aliphatic heterocycles. The van der Waals surface area contributed by atoms with Crippen LogP contribution in [0.4, 0.5) is 4.79 Å². The van der Waals surface area contributed by atoms with Gasteiger partial charge in [-0.05, 0) is 37.0 Å². The lowest BCUT2D eigenvalue weighted by atomic mass is 9.71. The number of hydrogen-bond acceptors (Lipinski definition) is 4. The van der Waals surface area contributed by atoms with Gasteiger partial charge in [-0.1, -0.05) is 33.8 Å². The largest absolute Gasteiger partial charge is 0.547 e. The fraction of sp³-hybridized carbons (Fsp3) is 0.700. The van der Waals surface area contributed by atoms with Gasteiger partial charge in [0.1, 0.15) is 6.29 Å². The Hall–Kier alpha value is -1.56. The van der Waals surface area contributed by atoms with E-state index in [2.05, 4.69) is 40.4 Å². The Labute approximate surface area is 159 Å². The van der Waals surface area contributed by atoms with Gasteiger partial charge in [0, 0.05) is 13.0 Å². The first-order valence-corrected chi connectivity index (χ1v) is 12.2. The van der Waals surface area contributed by atoms with Crippen molar-refractivity contribution in [1.29, 1.82) is 0 Å². The fourth-order valence-electron chi connectivity index (χ4n) is 3.05. The average Bonchev–Trinajstić information content (AvgIpc) is 2.58. The van der Waals surface area contributed by atoms with Crippen LogP contribution in [0.25, 0.3) is 0 Å². The number of ether oxygens (including phenoxy) is 1. The number of carbonyl (C=O) groups is 2. The lowest BCUT2D eigenvalue weighted by Crippen LogP contribution is -2.52. The predicted octanol–water partition coefficient (Wildman–Crippen LogP) is 4.90. The summed E-state index contributed by atoms with van der Waals surface area (Å²) < 4.78 is 11.4. The molecule has 1 aliphatic rings. The molecule has 0 spiro atoms. The molecular formula is C20H35NO4Si. The van der Waals surface area contributed by atoms with Crippen LogP contribution in [0, 0.1) is 5.41 Å². The van der Waals surface area contributed by atoms with Crippen LogP contribution in [0.5, 0.6) is 0 Å². The summed E-state index contributed by atoms with van der Waals surface area (Å²) in [6.45, 7) is 17.0. The molecule has 0 aromatic rings. The summed E-state index contributed by atoms with van der Waals surface area (Å²) in [7, 11) is -0.635. The topological polar surface area (TPSA) is 55.8 Å². The molecule has 6 heteroatoms. The van der Waals surface area contributed by atoms with Crippen LogP contribution in [0.3, 0.4) is 0 Å². The lowest BCUT2D eigenvalue weighted by molar-refractivity contribution is -0.119. The molecule has 0 fully saturated rings. The summed E-state index contributed by atoms with van der Waals surface area (Å²) in [6.07, 6.45) is 6.16. The van der Waals surface area contributed by atoms with Crippen molar-refractivity contribution < 1.29 is 18.8 Å². The van der Waals surface area contributed by atoms with Gasteiger partial charge in [-0.15, -0.1) is 6.58 Å². The minimum absolute atomic E-state index is 0.0798. The normalized spacial score (nSPS) is 23.7. The van der Waals surface area contributed by atoms with Crippen LogP contribution >= 0.6 is 0 Å². The second kappa shape index (κ2) is 8.42. The highest BCUT2D eigenvalue weighted by molar-refractivity contribution is 6.74. The summed E-state index contributed by atoms with van der Waals surface area (Å²) >= 11 is 0. The Morgan fingerprint density at radius 1 is 1.46 bits per heavy atom. The van der Waals surface area contributed by atoms with Gasteiger partial charge in [0.25, 0.3) is 0 Å². The number of methoxy groups -OCH3 is 1. The van der Waals surface area contributed by atoms with Crippen LogP contribution in [0.1, 0.15) is 47.0 Å². The molecule has 0 aromatic carbocycles. The van der Waals surface area contributed by atoms with Gasteiger partial charge in [-0.3, -0.25) is 4.90 Å². The van der Waals surface area contributed by atoms with Crippen molar-refractivity contribution in [2.75, 3.05) is 13.7 Å². The van der Waals surface area contributed by atoms with Crippen LogP contribution < -0.4 is 0 Å². The number of hydrogen-bond donors (Lipinski definition) is 0. The molecule has 0 saturated heterocycles. The molecule has 0 unspecified atom stereocenters. The van der Waals surface area contributed by atoms with Gasteiger partial charge >= 0.3 is 6.09 Å². The van der Waals surface area contributed by atoms with E-state index in [1.54, 1.807) is 11.0 Å². The molecule has 26 heavy (non-hydrogen) atoms. The van der Waals surface area contributed by atoms with Gasteiger partial charge < -0.3 is 14.0 Å². The molecule has 148 valence electrons. The molecular weight excluding hydrogens is 346 g/mol. The first kappa shape index (κ1) is 22.5. The molecule has 2 atom stereocenters. The highest BCUT2D eigenvalue weighted by atomic mass is 28.4. The molecule has 0 saturated carbocycles. The van der Waals surface area contributed by atoms with Gasteiger partial charge in [-0.2, -0.15) is 0 Å². The third kappa shape index (κ3) is 4.58. The van der Waals surface area contributed by atoms with Gasteiger partial charge in [0.05, 0.1) is 24.3 Å². The molecule has 1 rings (SSSR count). The zero-order valence-electron chi connectivity index (χ0n) is 17.4. The molecule has 0 aromatic heterocycles. The van der Waals surface area contributed by atoms with Crippen molar-refractivity contribution in [2.45, 2.75) is 71.1 Å². The number of amides is 1. The van der Waals surface area contributed by atoms with E-state index >= 15 is 0 Å². The highest BCUT2D eigenvalue weighted by Gasteiger charge is 2.46. The Morgan fingerprint density at radius 3 is 2.50 bits per heavy atom. The van der Waals surface area contributed by atoms with Gasteiger partial charge in [-0.25, -0.2) is 4.79 Å². The van der Waals surface area contributed by atoms with Crippen LogP contribution in [-0.4, -0.2) is 45.3 Å². The fourth-order valence-corrected chi connectivity index (χ4v) is 4.18. The van der Waals surface area contributed by atoms with Crippen molar-refractivity contribution in [2.24, 2.45) is 5.41 Å². The van der Waals surface area contributed by atoms with E-state index < -0.39 is 25.9 Å². The van der Waals surface area contributed by atoms with E-state index in [1.807, 2.05) is 13.0 Å². The van der Waals surface area contributed by atoms with Crippen molar-refractivity contribution in [3.8, 4) is 0 Å². The summed E-state index contributed by atoms with van der Waals surface area (Å²) in [5, 5.41) is 0.0798. The molecule has 1 amide bonds. The van der Waals surface area contributed by atoms with Crippen molar-refractivity contribution in [1.82, 2.24) is 4.90 Å². The number of nitrogens with zero attached hydrogens (tertiary/aromatic N) is 1. The van der Waals surface area contributed by atoms with E-state index in [-0.39, 0.29) is 5.04 Å². The standard InChI is InChI=1S/C20H35NO4Si/c1-9-13-21(18(23)24-6)17-14-16(11-12-20(17,10-2)15-22)25-26(7,8)19(3,4)5/h9,14-15,17H,1,10-13H2,2-8H3/t17-,20-/m0/s1. The number of aldehydes is 1. The van der Waals surface area contributed by atoms with E-state index in [1.165, 1.54) is 7.11 Å². The SMILES string of the molecule is C=CCN(C(=O)OC)[C@H]1C=C(O[Si](C)(C)C(C)(C)C)CC[C@]1(C=O)CC. The summed E-state index contributed by atoms with van der Waals surface area (Å²) in [5.74, 6) is 0.880. The van der Waals surface area contributed by atoms with Crippen molar-refractivity contribution >= 4 is 20.7 Å². The Bertz CT molecular complexity index is 565. The maximum absolute atomic E-state index is 12.4. The molecule has 0 bridgehead atoms. The summed E-state index contributed by atoms with van der Waals surface area (Å²) in [6, 6.07) is -0.399. The Balaban J connectivity index is 3.33. The number of carbonyl (C=O) groups excluding carboxylic acids is 2. The monoisotopic (exact) mass is 381 g/mol. The molecule has 5 nitrogen and oxygen atoms in total. The maximum atomic E-state index is 12.4. The predicted molar refractivity (Wildman–Crippen MR) is 107 cm³/mol. The van der Waals surface area contributed by atoms with Crippen molar-refractivity contribution in [3.63, 3.8) is 0 Å². The number of allylic oxidation sites excluding steroid dienone is 1. The van der Waals surface area contributed by atoms with Gasteiger partial charge in [0.15, 0.2) is 0 Å². The lowest BCUT2D eigenvalue weighted by Gasteiger charge is -2.45. The zero-order chi connectivity index (χ0) is 20.2. The minimum Gasteiger partial charge on any atom is -0.547 e. The Morgan fingerprint density at radius 2 is 2.08 bits per heavy atom. The molecule has 0 heterocycles. The third-order valence-corrected chi connectivity index (χ3v) is 10.3. The Kier molecular flexibility index (Phi) is 7.28. The summed E-state index contributed by atoms with van der Waals surface area (Å²) in [5.41, 5.74) is -0.627. The van der Waals surface area contributed by atoms with Crippen molar-refractivity contribution in [3.05, 3.63) is 24.5 Å². The molecule has 0 N–H and O–H groups in total. The highest BCUT2D eigenvalue weighted by Crippen LogP contribution is 2.44. The second-order valence-electron chi connectivity index (χ2n) is 8.56. The molecule has 1 aliphatic carbocycles. The van der Waals surface area contributed by atoms with Gasteiger partial charge in [0.2, 0.25) is 8.32 Å². The van der Waals surface area contributed by atoms with Crippen LogP contribution in [0.2, 0.25) is 18.1 Å².